The Morgan fingerprint density at radius 3 is 2.56 bits per heavy atom. The van der Waals surface area contributed by atoms with Crippen molar-refractivity contribution in [3.63, 3.8) is 0 Å². The number of hydrogen-bond donors (Lipinski definition) is 0. The van der Waals surface area contributed by atoms with Gasteiger partial charge in [-0.1, -0.05) is 0 Å². The molecule has 0 bridgehead atoms. The van der Waals surface area contributed by atoms with E-state index in [-0.39, 0.29) is 0 Å². The van der Waals surface area contributed by atoms with Gasteiger partial charge in [-0.05, 0) is 29.7 Å². The van der Waals surface area contributed by atoms with Crippen molar-refractivity contribution in [1.82, 2.24) is 4.37 Å². The molecule has 0 aliphatic carbocycles. The van der Waals surface area contributed by atoms with Crippen LogP contribution in [0.3, 0.4) is 0 Å². The molecule has 25 heavy (non-hydrogen) atoms. The van der Waals surface area contributed by atoms with Gasteiger partial charge in [0, 0.05) is 48.4 Å². The smallest absolute Gasteiger partial charge is 0.179 e. The van der Waals surface area contributed by atoms with Crippen LogP contribution in [0, 0.1) is 0 Å². The molecule has 0 amide bonds. The zero-order valence-corrected chi connectivity index (χ0v) is 15.3. The molecule has 2 heterocycles. The first-order valence-electron chi connectivity index (χ1n) is 7.82. The number of anilines is 1. The molecule has 1 aliphatic heterocycles. The van der Waals surface area contributed by atoms with Gasteiger partial charge >= 0.3 is 0 Å². The van der Waals surface area contributed by atoms with Crippen LogP contribution in [0.25, 0.3) is 22.4 Å². The van der Waals surface area contributed by atoms with Gasteiger partial charge < -0.3 is 19.1 Å². The summed E-state index contributed by atoms with van der Waals surface area (Å²) >= 11 is 1.43. The number of nitrogens with zero attached hydrogens (tertiary/aromatic N) is 2. The molecule has 0 N–H and O–H groups in total. The molecule has 0 saturated carbocycles. The Kier molecular flexibility index (Phi) is 3.77. The quantitative estimate of drug-likeness (QED) is 0.535. The van der Waals surface area contributed by atoms with E-state index < -0.39 is 0 Å². The van der Waals surface area contributed by atoms with E-state index in [0.717, 1.165) is 33.8 Å². The highest BCUT2D eigenvalue weighted by atomic mass is 32.1. The lowest BCUT2D eigenvalue weighted by Gasteiger charge is -2.17. The monoisotopic (exact) mass is 354 g/mol. The first-order chi connectivity index (χ1) is 12.1. The molecule has 1 aliphatic rings. The number of methoxy groups -OCH3 is 2. The van der Waals surface area contributed by atoms with Crippen molar-refractivity contribution in [2.45, 2.75) is 0 Å². The van der Waals surface area contributed by atoms with E-state index in [1.54, 1.807) is 14.2 Å². The van der Waals surface area contributed by atoms with Gasteiger partial charge in [0.25, 0.3) is 0 Å². The van der Waals surface area contributed by atoms with E-state index in [1.807, 2.05) is 42.6 Å². The van der Waals surface area contributed by atoms with Crippen LogP contribution >= 0.6 is 11.5 Å². The van der Waals surface area contributed by atoms with Crippen molar-refractivity contribution in [2.75, 3.05) is 33.2 Å². The Hall–Kier alpha value is -2.73. The number of ether oxygens (including phenoxy) is 3. The fourth-order valence-corrected chi connectivity index (χ4v) is 3.65. The fourth-order valence-electron chi connectivity index (χ4n) is 2.96. The number of fused-ring (bicyclic) bond motifs is 5. The van der Waals surface area contributed by atoms with Crippen LogP contribution in [0.5, 0.6) is 23.0 Å². The highest BCUT2D eigenvalue weighted by molar-refractivity contribution is 7.04. The molecule has 0 fully saturated rings. The predicted molar refractivity (Wildman–Crippen MR) is 100 cm³/mol. The number of aromatic nitrogens is 1. The van der Waals surface area contributed by atoms with Gasteiger partial charge in [0.1, 0.15) is 11.5 Å². The maximum atomic E-state index is 6.31. The summed E-state index contributed by atoms with van der Waals surface area (Å²) in [6.07, 6.45) is 0. The van der Waals surface area contributed by atoms with Gasteiger partial charge in [-0.3, -0.25) is 0 Å². The largest absolute Gasteiger partial charge is 0.497 e. The van der Waals surface area contributed by atoms with Crippen LogP contribution in [0.2, 0.25) is 0 Å². The van der Waals surface area contributed by atoms with Crippen LogP contribution < -0.4 is 19.1 Å². The summed E-state index contributed by atoms with van der Waals surface area (Å²) in [7, 11) is 7.28. The predicted octanol–water partition coefficient (Wildman–Crippen LogP) is 4.67. The summed E-state index contributed by atoms with van der Waals surface area (Å²) in [6.45, 7) is 0. The van der Waals surface area contributed by atoms with Gasteiger partial charge in [0.15, 0.2) is 11.5 Å². The third-order valence-electron chi connectivity index (χ3n) is 4.29. The van der Waals surface area contributed by atoms with Crippen LogP contribution in [-0.2, 0) is 0 Å². The molecule has 0 unspecified atom stereocenters. The highest BCUT2D eigenvalue weighted by Gasteiger charge is 2.27. The highest BCUT2D eigenvalue weighted by Crippen LogP contribution is 2.52. The molecule has 6 heteroatoms. The van der Waals surface area contributed by atoms with Crippen molar-refractivity contribution in [2.24, 2.45) is 0 Å². The van der Waals surface area contributed by atoms with Crippen LogP contribution in [0.15, 0.2) is 35.7 Å². The Labute approximate surface area is 150 Å². The van der Waals surface area contributed by atoms with Crippen LogP contribution in [-0.4, -0.2) is 32.7 Å². The van der Waals surface area contributed by atoms with Crippen molar-refractivity contribution in [3.8, 4) is 45.4 Å². The zero-order chi connectivity index (χ0) is 17.6. The minimum atomic E-state index is 0.622. The maximum absolute atomic E-state index is 6.31. The topological polar surface area (TPSA) is 43.8 Å². The average molecular weight is 354 g/mol. The molecule has 0 atom stereocenters. The van der Waals surface area contributed by atoms with Gasteiger partial charge in [-0.15, -0.1) is 0 Å². The molecule has 2 aromatic carbocycles. The summed E-state index contributed by atoms with van der Waals surface area (Å²) < 4.78 is 21.9. The van der Waals surface area contributed by atoms with E-state index in [0.29, 0.717) is 17.2 Å². The Morgan fingerprint density at radius 1 is 1.00 bits per heavy atom. The summed E-state index contributed by atoms with van der Waals surface area (Å²) in [5.74, 6) is 2.77. The SMILES string of the molecule is COc1cc(OC)c2c(c1)-c1nscc1-c1ccc(N(C)C)cc1O2. The van der Waals surface area contributed by atoms with E-state index >= 15 is 0 Å². The molecular formula is C19H18N2O3S. The lowest BCUT2D eigenvalue weighted by molar-refractivity contribution is 0.370. The molecule has 1 aromatic heterocycles. The average Bonchev–Trinajstić information content (AvgIpc) is 3.06. The van der Waals surface area contributed by atoms with E-state index in [9.17, 15) is 0 Å². The first-order valence-corrected chi connectivity index (χ1v) is 8.66. The van der Waals surface area contributed by atoms with Gasteiger partial charge in [-0.2, -0.15) is 4.37 Å². The summed E-state index contributed by atoms with van der Waals surface area (Å²) in [6, 6.07) is 9.96. The zero-order valence-electron chi connectivity index (χ0n) is 14.5. The molecule has 0 saturated heterocycles. The molecule has 5 nitrogen and oxygen atoms in total. The molecule has 0 radical (unpaired) electrons. The van der Waals surface area contributed by atoms with E-state index in [4.69, 9.17) is 14.2 Å². The second-order valence-electron chi connectivity index (χ2n) is 5.96. The van der Waals surface area contributed by atoms with Crippen molar-refractivity contribution in [3.05, 3.63) is 35.7 Å². The van der Waals surface area contributed by atoms with E-state index in [2.05, 4.69) is 16.5 Å². The third-order valence-corrected chi connectivity index (χ3v) is 4.92. The van der Waals surface area contributed by atoms with Crippen molar-refractivity contribution in [1.29, 1.82) is 0 Å². The standard InChI is InChI=1S/C19H18N2O3S/c1-21(2)11-5-6-13-15-10-25-20-18(15)14-8-12(22-3)9-17(23-4)19(14)24-16(13)7-11/h5-10H,1-4H3. The summed E-state index contributed by atoms with van der Waals surface area (Å²) in [4.78, 5) is 2.05. The first kappa shape index (κ1) is 15.8. The molecular weight excluding hydrogens is 336 g/mol. The second kappa shape index (κ2) is 5.97. The van der Waals surface area contributed by atoms with Gasteiger partial charge in [-0.25, -0.2) is 0 Å². The lowest BCUT2D eigenvalue weighted by atomic mass is 10.0. The number of hydrogen-bond acceptors (Lipinski definition) is 6. The molecule has 4 rings (SSSR count). The summed E-state index contributed by atoms with van der Waals surface area (Å²) in [5.41, 5.74) is 4.90. The van der Waals surface area contributed by atoms with Crippen molar-refractivity contribution >= 4 is 17.2 Å². The van der Waals surface area contributed by atoms with Crippen LogP contribution in [0.4, 0.5) is 5.69 Å². The second-order valence-corrected chi connectivity index (χ2v) is 6.59. The molecule has 0 spiro atoms. The Balaban J connectivity index is 2.02. The van der Waals surface area contributed by atoms with E-state index in [1.165, 1.54) is 11.5 Å². The molecule has 128 valence electrons. The minimum absolute atomic E-state index is 0.622. The Bertz CT molecular complexity index is 950. The van der Waals surface area contributed by atoms with Gasteiger partial charge in [0.2, 0.25) is 0 Å². The van der Waals surface area contributed by atoms with Crippen molar-refractivity contribution < 1.29 is 14.2 Å². The normalized spacial score (nSPS) is 11.5. The Morgan fingerprint density at radius 2 is 1.84 bits per heavy atom. The number of rotatable bonds is 3. The number of benzene rings is 2. The van der Waals surface area contributed by atoms with Gasteiger partial charge in [0.05, 0.1) is 25.5 Å². The third kappa shape index (κ3) is 2.49. The van der Waals surface area contributed by atoms with Crippen LogP contribution in [0.1, 0.15) is 0 Å². The summed E-state index contributed by atoms with van der Waals surface area (Å²) in [5, 5.41) is 2.05. The maximum Gasteiger partial charge on any atom is 0.179 e. The fraction of sp³-hybridized carbons (Fsp3) is 0.211. The molecule has 3 aromatic rings. The minimum Gasteiger partial charge on any atom is -0.497 e. The lowest BCUT2D eigenvalue weighted by Crippen LogP contribution is -2.08.